The number of aromatic hydroxyl groups is 1. The first-order valence-corrected chi connectivity index (χ1v) is 7.90. The Morgan fingerprint density at radius 2 is 1.52 bits per heavy atom. The summed E-state index contributed by atoms with van der Waals surface area (Å²) < 4.78 is 0. The SMILES string of the molecule is Cc1ccc(NC(=O)c2ccc(C#Cc3ccccc3)cc2)c(O)c1. The summed E-state index contributed by atoms with van der Waals surface area (Å²) in [5.41, 5.74) is 3.60. The molecule has 25 heavy (non-hydrogen) atoms. The largest absolute Gasteiger partial charge is 0.506 e. The van der Waals surface area contributed by atoms with E-state index in [1.807, 2.05) is 43.3 Å². The highest BCUT2D eigenvalue weighted by molar-refractivity contribution is 6.05. The number of rotatable bonds is 2. The number of phenols is 1. The van der Waals surface area contributed by atoms with Crippen LogP contribution in [-0.4, -0.2) is 11.0 Å². The number of amides is 1. The number of hydrogen-bond acceptors (Lipinski definition) is 2. The molecular formula is C22H17NO2. The fourth-order valence-corrected chi connectivity index (χ4v) is 2.31. The molecule has 0 fully saturated rings. The summed E-state index contributed by atoms with van der Waals surface area (Å²) >= 11 is 0. The van der Waals surface area contributed by atoms with Crippen molar-refractivity contribution in [3.05, 3.63) is 95.1 Å². The number of hydrogen-bond donors (Lipinski definition) is 2. The van der Waals surface area contributed by atoms with Gasteiger partial charge in [-0.05, 0) is 61.0 Å². The molecular weight excluding hydrogens is 310 g/mol. The van der Waals surface area contributed by atoms with Crippen LogP contribution in [0.1, 0.15) is 27.0 Å². The van der Waals surface area contributed by atoms with E-state index in [0.29, 0.717) is 11.3 Å². The summed E-state index contributed by atoms with van der Waals surface area (Å²) in [6.07, 6.45) is 0. The van der Waals surface area contributed by atoms with Gasteiger partial charge in [0.25, 0.3) is 5.91 Å². The van der Waals surface area contributed by atoms with Gasteiger partial charge in [-0.3, -0.25) is 4.79 Å². The molecule has 0 heterocycles. The second-order valence-electron chi connectivity index (χ2n) is 5.67. The van der Waals surface area contributed by atoms with E-state index in [0.717, 1.165) is 16.7 Å². The predicted octanol–water partition coefficient (Wildman–Crippen LogP) is 4.35. The molecule has 0 saturated heterocycles. The molecule has 0 atom stereocenters. The lowest BCUT2D eigenvalue weighted by Crippen LogP contribution is -2.11. The topological polar surface area (TPSA) is 49.3 Å². The van der Waals surface area contributed by atoms with Gasteiger partial charge in [0.1, 0.15) is 5.75 Å². The Morgan fingerprint density at radius 3 is 2.16 bits per heavy atom. The van der Waals surface area contributed by atoms with Crippen LogP contribution in [0.3, 0.4) is 0 Å². The van der Waals surface area contributed by atoms with Crippen LogP contribution in [0.2, 0.25) is 0 Å². The Morgan fingerprint density at radius 1 is 0.880 bits per heavy atom. The zero-order chi connectivity index (χ0) is 17.6. The lowest BCUT2D eigenvalue weighted by Gasteiger charge is -2.08. The molecule has 2 N–H and O–H groups in total. The maximum Gasteiger partial charge on any atom is 0.255 e. The van der Waals surface area contributed by atoms with Crippen molar-refractivity contribution in [3.8, 4) is 17.6 Å². The molecule has 3 aromatic rings. The summed E-state index contributed by atoms with van der Waals surface area (Å²) in [6.45, 7) is 1.88. The maximum atomic E-state index is 12.3. The molecule has 0 aromatic heterocycles. The van der Waals surface area contributed by atoms with Gasteiger partial charge >= 0.3 is 0 Å². The van der Waals surface area contributed by atoms with Gasteiger partial charge in [0.05, 0.1) is 5.69 Å². The lowest BCUT2D eigenvalue weighted by molar-refractivity contribution is 0.102. The summed E-state index contributed by atoms with van der Waals surface area (Å²) in [4.78, 5) is 12.3. The highest BCUT2D eigenvalue weighted by Gasteiger charge is 2.08. The van der Waals surface area contributed by atoms with Crippen molar-refractivity contribution in [2.75, 3.05) is 5.32 Å². The van der Waals surface area contributed by atoms with Crippen molar-refractivity contribution in [3.63, 3.8) is 0 Å². The molecule has 0 aliphatic carbocycles. The third-order valence-corrected chi connectivity index (χ3v) is 3.67. The fourth-order valence-electron chi connectivity index (χ4n) is 2.31. The first kappa shape index (κ1) is 16.4. The average Bonchev–Trinajstić information content (AvgIpc) is 2.63. The smallest absolute Gasteiger partial charge is 0.255 e. The van der Waals surface area contributed by atoms with Crippen LogP contribution in [-0.2, 0) is 0 Å². The van der Waals surface area contributed by atoms with Crippen molar-refractivity contribution in [2.45, 2.75) is 6.92 Å². The van der Waals surface area contributed by atoms with E-state index < -0.39 is 0 Å². The number of aryl methyl sites for hydroxylation is 1. The minimum Gasteiger partial charge on any atom is -0.506 e. The van der Waals surface area contributed by atoms with Gasteiger partial charge in [-0.1, -0.05) is 36.1 Å². The van der Waals surface area contributed by atoms with E-state index in [9.17, 15) is 9.90 Å². The van der Waals surface area contributed by atoms with Crippen LogP contribution in [0.15, 0.2) is 72.8 Å². The van der Waals surface area contributed by atoms with Gasteiger partial charge < -0.3 is 10.4 Å². The third-order valence-electron chi connectivity index (χ3n) is 3.67. The molecule has 0 aliphatic heterocycles. The molecule has 0 aliphatic rings. The van der Waals surface area contributed by atoms with Crippen molar-refractivity contribution in [1.29, 1.82) is 0 Å². The number of benzene rings is 3. The highest BCUT2D eigenvalue weighted by atomic mass is 16.3. The summed E-state index contributed by atoms with van der Waals surface area (Å²) in [6, 6.07) is 21.9. The van der Waals surface area contributed by atoms with E-state index in [4.69, 9.17) is 0 Å². The Hall–Kier alpha value is -3.51. The zero-order valence-corrected chi connectivity index (χ0v) is 13.8. The maximum absolute atomic E-state index is 12.3. The minimum absolute atomic E-state index is 0.0543. The van der Waals surface area contributed by atoms with Crippen molar-refractivity contribution >= 4 is 11.6 Å². The zero-order valence-electron chi connectivity index (χ0n) is 13.8. The van der Waals surface area contributed by atoms with Gasteiger partial charge in [0, 0.05) is 16.7 Å². The monoisotopic (exact) mass is 327 g/mol. The first-order chi connectivity index (χ1) is 12.1. The fraction of sp³-hybridized carbons (Fsp3) is 0.0455. The second kappa shape index (κ2) is 7.37. The Balaban J connectivity index is 1.71. The molecule has 0 bridgehead atoms. The van der Waals surface area contributed by atoms with Gasteiger partial charge in [0.15, 0.2) is 0 Å². The Bertz CT molecular complexity index is 949. The molecule has 0 unspecified atom stereocenters. The average molecular weight is 327 g/mol. The van der Waals surface area contributed by atoms with Crippen molar-refractivity contribution in [2.24, 2.45) is 0 Å². The van der Waals surface area contributed by atoms with E-state index in [1.54, 1.807) is 36.4 Å². The Kier molecular flexibility index (Phi) is 4.82. The molecule has 3 aromatic carbocycles. The molecule has 0 spiro atoms. The van der Waals surface area contributed by atoms with Crippen LogP contribution in [0, 0.1) is 18.8 Å². The van der Waals surface area contributed by atoms with Crippen LogP contribution in [0.5, 0.6) is 5.75 Å². The lowest BCUT2D eigenvalue weighted by atomic mass is 10.1. The quantitative estimate of drug-likeness (QED) is 0.543. The summed E-state index contributed by atoms with van der Waals surface area (Å²) in [5, 5.41) is 12.6. The number of carbonyl (C=O) groups excluding carboxylic acids is 1. The molecule has 122 valence electrons. The summed E-state index contributed by atoms with van der Waals surface area (Å²) in [5.74, 6) is 5.93. The van der Waals surface area contributed by atoms with Gasteiger partial charge in [-0.2, -0.15) is 0 Å². The van der Waals surface area contributed by atoms with E-state index in [1.165, 1.54) is 0 Å². The number of nitrogens with one attached hydrogen (secondary N) is 1. The van der Waals surface area contributed by atoms with Crippen LogP contribution < -0.4 is 5.32 Å². The number of anilines is 1. The van der Waals surface area contributed by atoms with Crippen molar-refractivity contribution in [1.82, 2.24) is 0 Å². The minimum atomic E-state index is -0.276. The van der Waals surface area contributed by atoms with Crippen molar-refractivity contribution < 1.29 is 9.90 Å². The highest BCUT2D eigenvalue weighted by Crippen LogP contribution is 2.24. The molecule has 3 heteroatoms. The number of carbonyl (C=O) groups is 1. The van der Waals surface area contributed by atoms with Crippen LogP contribution in [0.4, 0.5) is 5.69 Å². The van der Waals surface area contributed by atoms with E-state index >= 15 is 0 Å². The summed E-state index contributed by atoms with van der Waals surface area (Å²) in [7, 11) is 0. The molecule has 1 amide bonds. The number of phenolic OH excluding ortho intramolecular Hbond substituents is 1. The Labute approximate surface area is 147 Å². The van der Waals surface area contributed by atoms with Crippen LogP contribution in [0.25, 0.3) is 0 Å². The molecule has 3 nitrogen and oxygen atoms in total. The molecule has 0 radical (unpaired) electrons. The third kappa shape index (κ3) is 4.27. The van der Waals surface area contributed by atoms with Gasteiger partial charge in [-0.25, -0.2) is 0 Å². The first-order valence-electron chi connectivity index (χ1n) is 7.90. The predicted molar refractivity (Wildman–Crippen MR) is 99.7 cm³/mol. The standard InChI is InChI=1S/C22H17NO2/c1-16-7-14-20(21(24)15-16)23-22(25)19-12-10-18(11-13-19)9-8-17-5-3-2-4-6-17/h2-7,10-15,24H,1H3,(H,23,25). The van der Waals surface area contributed by atoms with Crippen LogP contribution >= 0.6 is 0 Å². The van der Waals surface area contributed by atoms with E-state index in [2.05, 4.69) is 17.2 Å². The van der Waals surface area contributed by atoms with Gasteiger partial charge in [0.2, 0.25) is 0 Å². The molecule has 0 saturated carbocycles. The molecule has 3 rings (SSSR count). The van der Waals surface area contributed by atoms with E-state index in [-0.39, 0.29) is 11.7 Å². The normalized spacial score (nSPS) is 9.80. The second-order valence-corrected chi connectivity index (χ2v) is 5.67. The van der Waals surface area contributed by atoms with Gasteiger partial charge in [-0.15, -0.1) is 0 Å².